The van der Waals surface area contributed by atoms with Gasteiger partial charge in [-0.15, -0.1) is 0 Å². The van der Waals surface area contributed by atoms with Crippen molar-refractivity contribution in [1.82, 2.24) is 0 Å². The highest BCUT2D eigenvalue weighted by Gasteiger charge is 2.24. The average molecular weight is 320 g/mol. The molecule has 2 rings (SSSR count). The van der Waals surface area contributed by atoms with Crippen molar-refractivity contribution in [3.8, 4) is 0 Å². The standard InChI is InChI=1S/C12H15Cl2N3OS/c1-3-12(18,4-2)6-15-9-7(13)5-8(14)10-11(9)17-19-16-10/h5,15,18H,3-4,6H2,1-2H3. The number of anilines is 1. The number of nitrogens with one attached hydrogen (secondary N) is 1. The first-order valence-corrected chi connectivity index (χ1v) is 7.56. The Kier molecular flexibility index (Phi) is 4.50. The van der Waals surface area contributed by atoms with Crippen molar-refractivity contribution in [3.05, 3.63) is 16.1 Å². The van der Waals surface area contributed by atoms with Crippen molar-refractivity contribution < 1.29 is 5.11 Å². The van der Waals surface area contributed by atoms with Crippen LogP contribution in [0.3, 0.4) is 0 Å². The van der Waals surface area contributed by atoms with Crippen LogP contribution in [0.2, 0.25) is 10.0 Å². The minimum atomic E-state index is -0.751. The van der Waals surface area contributed by atoms with E-state index in [0.29, 0.717) is 46.5 Å². The predicted octanol–water partition coefficient (Wildman–Crippen LogP) is 4.68. The highest BCUT2D eigenvalue weighted by molar-refractivity contribution is 7.58. The molecule has 0 aliphatic carbocycles. The first-order valence-electron chi connectivity index (χ1n) is 6.07. The molecule has 1 aromatic rings. The van der Waals surface area contributed by atoms with Gasteiger partial charge in [-0.1, -0.05) is 37.0 Å². The second-order valence-electron chi connectivity index (χ2n) is 4.46. The number of hydrogen-bond donors (Lipinski definition) is 2. The molecule has 0 aromatic heterocycles. The molecule has 0 radical (unpaired) electrons. The lowest BCUT2D eigenvalue weighted by Crippen LogP contribution is -2.35. The SMILES string of the molecule is CCC(O)(CC)CNc1c(Cl)cc(Cl)c2c1N=S=N2. The van der Waals surface area contributed by atoms with Crippen molar-refractivity contribution in [2.24, 2.45) is 8.73 Å². The van der Waals surface area contributed by atoms with E-state index in [0.717, 1.165) is 11.4 Å². The van der Waals surface area contributed by atoms with Crippen LogP contribution in [0.1, 0.15) is 26.7 Å². The van der Waals surface area contributed by atoms with Gasteiger partial charge in [0.1, 0.15) is 11.4 Å². The molecule has 0 saturated heterocycles. The van der Waals surface area contributed by atoms with Gasteiger partial charge in [0, 0.05) is 6.54 Å². The summed E-state index contributed by atoms with van der Waals surface area (Å²) in [5, 5.41) is 14.4. The fourth-order valence-electron chi connectivity index (χ4n) is 1.80. The summed E-state index contributed by atoms with van der Waals surface area (Å²) < 4.78 is 8.35. The summed E-state index contributed by atoms with van der Waals surface area (Å²) >= 11 is 13.3. The van der Waals surface area contributed by atoms with Crippen LogP contribution >= 0.6 is 23.2 Å². The second-order valence-corrected chi connectivity index (χ2v) is 5.80. The van der Waals surface area contributed by atoms with E-state index in [4.69, 9.17) is 23.2 Å². The third-order valence-corrected chi connectivity index (χ3v) is 4.47. The molecule has 1 aromatic carbocycles. The van der Waals surface area contributed by atoms with Gasteiger partial charge in [0.15, 0.2) is 0 Å². The minimum absolute atomic E-state index is 0.411. The molecule has 2 N–H and O–H groups in total. The van der Waals surface area contributed by atoms with Crippen LogP contribution in [-0.4, -0.2) is 17.3 Å². The average Bonchev–Trinajstić information content (AvgIpc) is 2.87. The lowest BCUT2D eigenvalue weighted by atomic mass is 9.97. The highest BCUT2D eigenvalue weighted by atomic mass is 35.5. The molecule has 104 valence electrons. The van der Waals surface area contributed by atoms with E-state index in [1.807, 2.05) is 13.8 Å². The maximum Gasteiger partial charge on any atom is 0.130 e. The number of hydrogen-bond acceptors (Lipinski definition) is 4. The van der Waals surface area contributed by atoms with Crippen LogP contribution in [0.5, 0.6) is 0 Å². The van der Waals surface area contributed by atoms with Gasteiger partial charge < -0.3 is 10.4 Å². The van der Waals surface area contributed by atoms with Gasteiger partial charge in [0.2, 0.25) is 0 Å². The molecule has 19 heavy (non-hydrogen) atoms. The van der Waals surface area contributed by atoms with E-state index >= 15 is 0 Å². The normalized spacial score (nSPS) is 13.3. The van der Waals surface area contributed by atoms with Gasteiger partial charge in [-0.25, -0.2) is 0 Å². The highest BCUT2D eigenvalue weighted by Crippen LogP contribution is 2.47. The quantitative estimate of drug-likeness (QED) is 0.840. The Morgan fingerprint density at radius 2 is 1.84 bits per heavy atom. The van der Waals surface area contributed by atoms with Crippen molar-refractivity contribution in [2.75, 3.05) is 11.9 Å². The lowest BCUT2D eigenvalue weighted by Gasteiger charge is -2.26. The number of halogens is 2. The Hall–Kier alpha value is -0.620. The van der Waals surface area contributed by atoms with Crippen LogP contribution < -0.4 is 5.32 Å². The minimum Gasteiger partial charge on any atom is -0.388 e. The van der Waals surface area contributed by atoms with Crippen LogP contribution in [0.4, 0.5) is 17.1 Å². The van der Waals surface area contributed by atoms with Crippen LogP contribution in [-0.2, 0) is 11.4 Å². The molecule has 0 saturated carbocycles. The van der Waals surface area contributed by atoms with Crippen molar-refractivity contribution >= 4 is 51.6 Å². The molecule has 4 nitrogen and oxygen atoms in total. The van der Waals surface area contributed by atoms with Crippen molar-refractivity contribution in [3.63, 3.8) is 0 Å². The first-order chi connectivity index (χ1) is 9.00. The van der Waals surface area contributed by atoms with Gasteiger partial charge in [0.25, 0.3) is 0 Å². The molecular weight excluding hydrogens is 305 g/mol. The summed E-state index contributed by atoms with van der Waals surface area (Å²) in [6.07, 6.45) is 1.33. The summed E-state index contributed by atoms with van der Waals surface area (Å²) in [6, 6.07) is 1.64. The van der Waals surface area contributed by atoms with E-state index in [9.17, 15) is 5.11 Å². The first kappa shape index (κ1) is 14.8. The molecule has 0 amide bonds. The van der Waals surface area contributed by atoms with Crippen molar-refractivity contribution in [1.29, 1.82) is 0 Å². The van der Waals surface area contributed by atoms with Gasteiger partial charge >= 0.3 is 0 Å². The number of aliphatic hydroxyl groups is 1. The zero-order valence-electron chi connectivity index (χ0n) is 10.7. The Morgan fingerprint density at radius 3 is 2.47 bits per heavy atom. The van der Waals surface area contributed by atoms with Crippen LogP contribution in [0.25, 0.3) is 0 Å². The zero-order chi connectivity index (χ0) is 14.0. The van der Waals surface area contributed by atoms with Crippen LogP contribution in [0.15, 0.2) is 14.8 Å². The van der Waals surface area contributed by atoms with Gasteiger partial charge in [0.05, 0.1) is 32.7 Å². The fraction of sp³-hybridized carbons (Fsp3) is 0.500. The summed E-state index contributed by atoms with van der Waals surface area (Å²) in [7, 11) is 0. The fourth-order valence-corrected chi connectivity index (χ4v) is 2.97. The van der Waals surface area contributed by atoms with Gasteiger partial charge in [-0.3, -0.25) is 0 Å². The summed E-state index contributed by atoms with van der Waals surface area (Å²) in [6.45, 7) is 4.32. The van der Waals surface area contributed by atoms with Gasteiger partial charge in [-0.2, -0.15) is 8.73 Å². The maximum atomic E-state index is 10.3. The van der Waals surface area contributed by atoms with Crippen LogP contribution in [0, 0.1) is 0 Å². The topological polar surface area (TPSA) is 57.0 Å². The van der Waals surface area contributed by atoms with E-state index in [1.54, 1.807) is 6.07 Å². The molecule has 7 heteroatoms. The Bertz CT molecular complexity index is 567. The molecule has 1 aliphatic heterocycles. The molecule has 1 heterocycles. The number of nitrogens with zero attached hydrogens (tertiary/aromatic N) is 2. The monoisotopic (exact) mass is 319 g/mol. The van der Waals surface area contributed by atoms with E-state index < -0.39 is 5.60 Å². The van der Waals surface area contributed by atoms with E-state index in [1.165, 1.54) is 0 Å². The smallest absolute Gasteiger partial charge is 0.130 e. The molecule has 0 bridgehead atoms. The Morgan fingerprint density at radius 1 is 1.21 bits per heavy atom. The van der Waals surface area contributed by atoms with E-state index in [-0.39, 0.29) is 0 Å². The Balaban J connectivity index is 2.28. The molecule has 0 spiro atoms. The molecule has 1 aliphatic rings. The largest absolute Gasteiger partial charge is 0.388 e. The second kappa shape index (κ2) is 5.79. The molecular formula is C12H15Cl2N3OS. The summed E-state index contributed by atoms with van der Waals surface area (Å²) in [4.78, 5) is 0. The molecule has 0 fully saturated rings. The van der Waals surface area contributed by atoms with E-state index in [2.05, 4.69) is 14.0 Å². The maximum absolute atomic E-state index is 10.3. The summed E-state index contributed by atoms with van der Waals surface area (Å²) in [5.41, 5.74) is 1.21. The van der Waals surface area contributed by atoms with Crippen molar-refractivity contribution in [2.45, 2.75) is 32.3 Å². The summed E-state index contributed by atoms with van der Waals surface area (Å²) in [5.74, 6) is 0. The number of benzene rings is 1. The molecule has 0 unspecified atom stereocenters. The third-order valence-electron chi connectivity index (χ3n) is 3.35. The number of fused-ring (bicyclic) bond motifs is 1. The predicted molar refractivity (Wildman–Crippen MR) is 82.0 cm³/mol. The van der Waals surface area contributed by atoms with Gasteiger partial charge in [-0.05, 0) is 18.9 Å². The Labute approximate surface area is 126 Å². The lowest BCUT2D eigenvalue weighted by molar-refractivity contribution is 0.0457. The third kappa shape index (κ3) is 2.94. The number of rotatable bonds is 5. The molecule has 0 atom stereocenters. The zero-order valence-corrected chi connectivity index (χ0v) is 13.0.